The van der Waals surface area contributed by atoms with Crippen LogP contribution in [0.2, 0.25) is 20.1 Å². The highest BCUT2D eigenvalue weighted by molar-refractivity contribution is 6.36. The van der Waals surface area contributed by atoms with Gasteiger partial charge in [0, 0.05) is 32.7 Å². The van der Waals surface area contributed by atoms with Crippen LogP contribution in [0.3, 0.4) is 0 Å². The van der Waals surface area contributed by atoms with Crippen molar-refractivity contribution >= 4 is 58.2 Å². The number of hydrogen-bond donors (Lipinski definition) is 1. The van der Waals surface area contributed by atoms with Gasteiger partial charge in [0.05, 0.1) is 5.02 Å². The van der Waals surface area contributed by atoms with Crippen LogP contribution in [0.1, 0.15) is 33.3 Å². The number of nitrogens with zero attached hydrogens (tertiary/aromatic N) is 1. The van der Waals surface area contributed by atoms with E-state index < -0.39 is 17.5 Å². The summed E-state index contributed by atoms with van der Waals surface area (Å²) >= 11 is 24.6. The zero-order valence-electron chi connectivity index (χ0n) is 17.6. The molecule has 2 rings (SSSR count). The highest BCUT2D eigenvalue weighted by Gasteiger charge is 2.29. The van der Waals surface area contributed by atoms with Gasteiger partial charge in [0.2, 0.25) is 5.91 Å². The second kappa shape index (κ2) is 10.8. The Bertz CT molecular complexity index is 940. The summed E-state index contributed by atoms with van der Waals surface area (Å²) in [4.78, 5) is 27.3. The quantitative estimate of drug-likeness (QED) is 0.501. The molecule has 0 saturated carbocycles. The van der Waals surface area contributed by atoms with Gasteiger partial charge in [-0.3, -0.25) is 9.59 Å². The fourth-order valence-electron chi connectivity index (χ4n) is 2.73. The van der Waals surface area contributed by atoms with E-state index in [2.05, 4.69) is 5.32 Å². The Morgan fingerprint density at radius 2 is 1.65 bits per heavy atom. The Balaban J connectivity index is 2.27. The van der Waals surface area contributed by atoms with Crippen LogP contribution in [0.4, 0.5) is 0 Å². The summed E-state index contributed by atoms with van der Waals surface area (Å²) in [6, 6.07) is 8.95. The van der Waals surface area contributed by atoms with Gasteiger partial charge in [-0.2, -0.15) is 0 Å². The second-order valence-corrected chi connectivity index (χ2v) is 9.66. The van der Waals surface area contributed by atoms with E-state index in [9.17, 15) is 9.59 Å². The van der Waals surface area contributed by atoms with Crippen LogP contribution in [-0.4, -0.2) is 34.9 Å². The number of nitrogens with one attached hydrogen (secondary N) is 1. The van der Waals surface area contributed by atoms with Crippen LogP contribution in [0.25, 0.3) is 0 Å². The van der Waals surface area contributed by atoms with Crippen molar-refractivity contribution < 1.29 is 14.3 Å². The monoisotopic (exact) mass is 504 g/mol. The number of halogens is 4. The molecule has 5 nitrogen and oxygen atoms in total. The smallest absolute Gasteiger partial charge is 0.261 e. The minimum absolute atomic E-state index is 0.0355. The molecule has 0 saturated heterocycles. The summed E-state index contributed by atoms with van der Waals surface area (Å²) in [7, 11) is 0. The van der Waals surface area contributed by atoms with Gasteiger partial charge in [0.25, 0.3) is 5.91 Å². The van der Waals surface area contributed by atoms with E-state index >= 15 is 0 Å². The molecule has 0 aliphatic heterocycles. The van der Waals surface area contributed by atoms with Gasteiger partial charge < -0.3 is 15.0 Å². The van der Waals surface area contributed by atoms with Crippen molar-refractivity contribution in [3.05, 3.63) is 62.1 Å². The molecule has 0 aliphatic rings. The van der Waals surface area contributed by atoms with E-state index in [1.165, 1.54) is 11.0 Å². The highest BCUT2D eigenvalue weighted by Crippen LogP contribution is 2.29. The fraction of sp³-hybridized carbons (Fsp3) is 0.364. The predicted octanol–water partition coefficient (Wildman–Crippen LogP) is 6.01. The topological polar surface area (TPSA) is 58.6 Å². The lowest BCUT2D eigenvalue weighted by molar-refractivity contribution is -0.142. The first kappa shape index (κ1) is 25.6. The first-order valence-corrected chi connectivity index (χ1v) is 11.0. The standard InChI is InChI=1S/C22H24Cl4N2O3/c1-13(21(30)27-22(2,3)4)28(11-15-16(24)6-5-7-17(15)25)20(29)12-31-19-9-8-14(23)10-18(19)26/h5-10,13H,11-12H2,1-4H3,(H,27,30)/t13-/m0/s1. The van der Waals surface area contributed by atoms with Crippen LogP contribution in [0, 0.1) is 0 Å². The van der Waals surface area contributed by atoms with Gasteiger partial charge in [0.1, 0.15) is 11.8 Å². The second-order valence-electron chi connectivity index (χ2n) is 8.00. The van der Waals surface area contributed by atoms with Gasteiger partial charge in [-0.25, -0.2) is 0 Å². The average Bonchev–Trinajstić information content (AvgIpc) is 2.65. The van der Waals surface area contributed by atoms with Crippen LogP contribution < -0.4 is 10.1 Å². The van der Waals surface area contributed by atoms with Crippen LogP contribution >= 0.6 is 46.4 Å². The summed E-state index contributed by atoms with van der Waals surface area (Å²) in [5.41, 5.74) is 0.0780. The molecule has 0 bridgehead atoms. The summed E-state index contributed by atoms with van der Waals surface area (Å²) in [5.74, 6) is -0.436. The summed E-state index contributed by atoms with van der Waals surface area (Å²) < 4.78 is 5.58. The number of benzene rings is 2. The third-order valence-electron chi connectivity index (χ3n) is 4.30. The van der Waals surface area contributed by atoms with Gasteiger partial charge in [-0.05, 0) is 58.0 Å². The SMILES string of the molecule is C[C@@H](C(=O)NC(C)(C)C)N(Cc1c(Cl)cccc1Cl)C(=O)COc1ccc(Cl)cc1Cl. The van der Waals surface area contributed by atoms with E-state index in [0.717, 1.165) is 0 Å². The minimum atomic E-state index is -0.802. The van der Waals surface area contributed by atoms with Gasteiger partial charge in [-0.15, -0.1) is 0 Å². The largest absolute Gasteiger partial charge is 0.482 e. The van der Waals surface area contributed by atoms with Gasteiger partial charge >= 0.3 is 0 Å². The number of amides is 2. The Labute approximate surface area is 202 Å². The zero-order valence-corrected chi connectivity index (χ0v) is 20.7. The molecule has 1 atom stereocenters. The third-order valence-corrected chi connectivity index (χ3v) is 5.54. The lowest BCUT2D eigenvalue weighted by Gasteiger charge is -2.31. The number of ether oxygens (including phenoxy) is 1. The van der Waals surface area contributed by atoms with Crippen molar-refractivity contribution in [2.75, 3.05) is 6.61 Å². The molecule has 0 radical (unpaired) electrons. The van der Waals surface area contributed by atoms with Crippen LogP contribution in [0.15, 0.2) is 36.4 Å². The molecule has 0 spiro atoms. The van der Waals surface area contributed by atoms with Crippen LogP contribution in [-0.2, 0) is 16.1 Å². The molecule has 2 aromatic rings. The van der Waals surface area contributed by atoms with Crippen molar-refractivity contribution in [3.8, 4) is 5.75 Å². The van der Waals surface area contributed by atoms with E-state index in [4.69, 9.17) is 51.1 Å². The first-order valence-electron chi connectivity index (χ1n) is 9.51. The van der Waals surface area contributed by atoms with E-state index in [1.54, 1.807) is 37.3 Å². The van der Waals surface area contributed by atoms with E-state index in [0.29, 0.717) is 26.4 Å². The molecule has 31 heavy (non-hydrogen) atoms. The minimum Gasteiger partial charge on any atom is -0.482 e. The lowest BCUT2D eigenvalue weighted by atomic mass is 10.1. The average molecular weight is 506 g/mol. The Morgan fingerprint density at radius 1 is 1.03 bits per heavy atom. The summed E-state index contributed by atoms with van der Waals surface area (Å²) in [6.45, 7) is 6.92. The van der Waals surface area contributed by atoms with Crippen LogP contribution in [0.5, 0.6) is 5.75 Å². The maximum atomic E-state index is 13.1. The molecule has 0 aromatic heterocycles. The fourth-order valence-corrected chi connectivity index (χ4v) is 3.71. The number of carbonyl (C=O) groups excluding carboxylic acids is 2. The zero-order chi connectivity index (χ0) is 23.3. The maximum Gasteiger partial charge on any atom is 0.261 e. The summed E-state index contributed by atoms with van der Waals surface area (Å²) in [5, 5.41) is 4.41. The van der Waals surface area contributed by atoms with Gasteiger partial charge in [0.15, 0.2) is 6.61 Å². The van der Waals surface area contributed by atoms with Crippen molar-refractivity contribution in [1.82, 2.24) is 10.2 Å². The number of rotatable bonds is 7. The molecule has 2 amide bonds. The molecular weight excluding hydrogens is 482 g/mol. The molecule has 9 heteroatoms. The molecule has 2 aromatic carbocycles. The molecule has 0 unspecified atom stereocenters. The van der Waals surface area contributed by atoms with Crippen molar-refractivity contribution in [2.24, 2.45) is 0 Å². The van der Waals surface area contributed by atoms with Crippen molar-refractivity contribution in [2.45, 2.75) is 45.8 Å². The lowest BCUT2D eigenvalue weighted by Crippen LogP contribution is -2.53. The number of carbonyl (C=O) groups is 2. The first-order chi connectivity index (χ1) is 14.4. The Hall–Kier alpha value is -1.66. The van der Waals surface area contributed by atoms with E-state index in [1.807, 2.05) is 20.8 Å². The van der Waals surface area contributed by atoms with Crippen molar-refractivity contribution in [1.29, 1.82) is 0 Å². The molecule has 0 fully saturated rings. The number of hydrogen-bond acceptors (Lipinski definition) is 3. The molecular formula is C22H24Cl4N2O3. The highest BCUT2D eigenvalue weighted by atomic mass is 35.5. The van der Waals surface area contributed by atoms with Crippen molar-refractivity contribution in [3.63, 3.8) is 0 Å². The Morgan fingerprint density at radius 3 is 2.19 bits per heavy atom. The van der Waals surface area contributed by atoms with Gasteiger partial charge in [-0.1, -0.05) is 52.5 Å². The molecule has 0 aliphatic carbocycles. The third kappa shape index (κ3) is 7.46. The Kier molecular flexibility index (Phi) is 8.90. The maximum absolute atomic E-state index is 13.1. The van der Waals surface area contributed by atoms with E-state index in [-0.39, 0.29) is 24.1 Å². The molecule has 1 N–H and O–H groups in total. The predicted molar refractivity (Wildman–Crippen MR) is 126 cm³/mol. The normalized spacial score (nSPS) is 12.3. The summed E-state index contributed by atoms with van der Waals surface area (Å²) in [6.07, 6.45) is 0. The molecule has 168 valence electrons. The molecule has 0 heterocycles.